The monoisotopic (exact) mass is 434 g/mol. The topological polar surface area (TPSA) is 75.3 Å². The van der Waals surface area contributed by atoms with E-state index in [-0.39, 0.29) is 16.1 Å². The van der Waals surface area contributed by atoms with Crippen molar-refractivity contribution in [1.29, 1.82) is 0 Å². The maximum absolute atomic E-state index is 12.5. The van der Waals surface area contributed by atoms with E-state index in [9.17, 15) is 13.2 Å². The van der Waals surface area contributed by atoms with Crippen LogP contribution in [0.2, 0.25) is 10.0 Å². The summed E-state index contributed by atoms with van der Waals surface area (Å²) in [4.78, 5) is 12.7. The molecule has 1 amide bonds. The molecule has 3 aromatic rings. The normalized spacial score (nSPS) is 11.1. The minimum Gasteiger partial charge on any atom is -0.319 e. The Labute approximate surface area is 173 Å². The van der Waals surface area contributed by atoms with Crippen LogP contribution in [0.4, 0.5) is 11.4 Å². The number of benzene rings is 3. The highest BCUT2D eigenvalue weighted by Gasteiger charge is 2.16. The Morgan fingerprint density at radius 3 is 2.14 bits per heavy atom. The van der Waals surface area contributed by atoms with Crippen molar-refractivity contribution in [2.45, 2.75) is 11.8 Å². The fraction of sp³-hybridized carbons (Fsp3) is 0.0500. The van der Waals surface area contributed by atoms with E-state index in [0.29, 0.717) is 15.7 Å². The van der Waals surface area contributed by atoms with E-state index in [1.165, 1.54) is 18.2 Å². The molecule has 0 saturated carbocycles. The molecular weight excluding hydrogens is 419 g/mol. The van der Waals surface area contributed by atoms with Crippen molar-refractivity contribution >= 4 is 50.5 Å². The zero-order chi connectivity index (χ0) is 20.3. The molecule has 0 fully saturated rings. The number of amides is 1. The van der Waals surface area contributed by atoms with Gasteiger partial charge in [0.2, 0.25) is 0 Å². The zero-order valence-corrected chi connectivity index (χ0v) is 17.1. The van der Waals surface area contributed by atoms with Crippen LogP contribution in [0, 0.1) is 6.92 Å². The third kappa shape index (κ3) is 4.65. The van der Waals surface area contributed by atoms with Crippen molar-refractivity contribution in [3.63, 3.8) is 0 Å². The molecule has 3 aromatic carbocycles. The highest BCUT2D eigenvalue weighted by molar-refractivity contribution is 7.92. The van der Waals surface area contributed by atoms with Gasteiger partial charge in [-0.15, -0.1) is 0 Å². The van der Waals surface area contributed by atoms with Crippen LogP contribution in [-0.2, 0) is 10.0 Å². The average molecular weight is 435 g/mol. The van der Waals surface area contributed by atoms with Gasteiger partial charge < -0.3 is 5.32 Å². The summed E-state index contributed by atoms with van der Waals surface area (Å²) < 4.78 is 27.5. The van der Waals surface area contributed by atoms with Gasteiger partial charge in [-0.2, -0.15) is 0 Å². The molecule has 28 heavy (non-hydrogen) atoms. The van der Waals surface area contributed by atoms with Crippen molar-refractivity contribution in [3.05, 3.63) is 87.9 Å². The van der Waals surface area contributed by atoms with Gasteiger partial charge in [-0.05, 0) is 49.4 Å². The van der Waals surface area contributed by atoms with Crippen LogP contribution in [0.5, 0.6) is 0 Å². The van der Waals surface area contributed by atoms with Crippen LogP contribution in [0.15, 0.2) is 71.6 Å². The molecule has 2 N–H and O–H groups in total. The molecular formula is C20H16Cl2N2O3S. The smallest absolute Gasteiger partial charge is 0.261 e. The molecule has 0 heterocycles. The van der Waals surface area contributed by atoms with Crippen LogP contribution in [-0.4, -0.2) is 14.3 Å². The van der Waals surface area contributed by atoms with E-state index in [1.807, 2.05) is 6.92 Å². The highest BCUT2D eigenvalue weighted by atomic mass is 35.5. The van der Waals surface area contributed by atoms with E-state index in [2.05, 4.69) is 10.0 Å². The fourth-order valence-electron chi connectivity index (χ4n) is 2.46. The van der Waals surface area contributed by atoms with Crippen molar-refractivity contribution in [2.24, 2.45) is 0 Å². The molecule has 0 aliphatic heterocycles. The second kappa shape index (κ2) is 8.22. The van der Waals surface area contributed by atoms with E-state index in [4.69, 9.17) is 23.2 Å². The second-order valence-electron chi connectivity index (χ2n) is 6.05. The van der Waals surface area contributed by atoms with Crippen molar-refractivity contribution in [2.75, 3.05) is 10.0 Å². The van der Waals surface area contributed by atoms with Gasteiger partial charge in [0.15, 0.2) is 0 Å². The highest BCUT2D eigenvalue weighted by Crippen LogP contribution is 2.30. The molecule has 0 saturated heterocycles. The van der Waals surface area contributed by atoms with Gasteiger partial charge >= 0.3 is 0 Å². The SMILES string of the molecule is Cc1ccc(S(=O)(=O)Nc2cccc(C(=O)Nc3c(Cl)cccc3Cl)c2)cc1. The Balaban J connectivity index is 1.82. The Morgan fingerprint density at radius 2 is 1.50 bits per heavy atom. The molecule has 0 spiro atoms. The minimum absolute atomic E-state index is 0.135. The summed E-state index contributed by atoms with van der Waals surface area (Å²) in [5.74, 6) is -0.466. The molecule has 0 aliphatic rings. The average Bonchev–Trinajstić information content (AvgIpc) is 2.65. The fourth-order valence-corrected chi connectivity index (χ4v) is 4.00. The lowest BCUT2D eigenvalue weighted by Crippen LogP contribution is -2.15. The number of hydrogen-bond acceptors (Lipinski definition) is 3. The Hall–Kier alpha value is -2.54. The summed E-state index contributed by atoms with van der Waals surface area (Å²) >= 11 is 12.1. The molecule has 0 bridgehead atoms. The number of rotatable bonds is 5. The standard InChI is InChI=1S/C20H16Cl2N2O3S/c1-13-8-10-16(11-9-13)28(26,27)24-15-5-2-4-14(12-15)20(25)23-19-17(21)6-3-7-18(19)22/h2-12,24H,1H3,(H,23,25). The summed E-state index contributed by atoms with van der Waals surface area (Å²) in [6.07, 6.45) is 0. The molecule has 144 valence electrons. The Bertz CT molecular complexity index is 1110. The summed E-state index contributed by atoms with van der Waals surface area (Å²) in [5, 5.41) is 3.25. The number of hydrogen-bond donors (Lipinski definition) is 2. The number of anilines is 2. The summed E-state index contributed by atoms with van der Waals surface area (Å²) in [6, 6.07) is 17.5. The molecule has 0 unspecified atom stereocenters. The van der Waals surface area contributed by atoms with Crippen LogP contribution in [0.1, 0.15) is 15.9 Å². The van der Waals surface area contributed by atoms with Crippen LogP contribution in [0.3, 0.4) is 0 Å². The van der Waals surface area contributed by atoms with Crippen molar-refractivity contribution < 1.29 is 13.2 Å². The molecule has 0 atom stereocenters. The Morgan fingerprint density at radius 1 is 0.893 bits per heavy atom. The predicted molar refractivity (Wildman–Crippen MR) is 113 cm³/mol. The quantitative estimate of drug-likeness (QED) is 0.567. The molecule has 0 aliphatic carbocycles. The number of sulfonamides is 1. The number of halogens is 2. The Kier molecular flexibility index (Phi) is 5.93. The van der Waals surface area contributed by atoms with E-state index in [1.54, 1.807) is 48.5 Å². The first-order chi connectivity index (χ1) is 13.3. The minimum atomic E-state index is -3.77. The number of aryl methyl sites for hydroxylation is 1. The van der Waals surface area contributed by atoms with Gasteiger partial charge in [0, 0.05) is 11.3 Å². The van der Waals surface area contributed by atoms with Crippen LogP contribution >= 0.6 is 23.2 Å². The molecule has 5 nitrogen and oxygen atoms in total. The number of carbonyl (C=O) groups excluding carboxylic acids is 1. The zero-order valence-electron chi connectivity index (χ0n) is 14.7. The summed E-state index contributed by atoms with van der Waals surface area (Å²) in [5.41, 5.74) is 1.76. The van der Waals surface area contributed by atoms with Gasteiger partial charge in [0.25, 0.3) is 15.9 Å². The van der Waals surface area contributed by atoms with Crippen molar-refractivity contribution in [1.82, 2.24) is 0 Å². The van der Waals surface area contributed by atoms with Gasteiger partial charge in [0.1, 0.15) is 0 Å². The number of nitrogens with one attached hydrogen (secondary N) is 2. The van der Waals surface area contributed by atoms with Crippen molar-refractivity contribution in [3.8, 4) is 0 Å². The molecule has 0 radical (unpaired) electrons. The summed E-state index contributed by atoms with van der Waals surface area (Å²) in [6.45, 7) is 1.87. The number of para-hydroxylation sites is 1. The molecule has 3 rings (SSSR count). The number of carbonyl (C=O) groups is 1. The molecule has 8 heteroatoms. The third-order valence-electron chi connectivity index (χ3n) is 3.91. The summed E-state index contributed by atoms with van der Waals surface area (Å²) in [7, 11) is -3.77. The first-order valence-electron chi connectivity index (χ1n) is 8.21. The van der Waals surface area contributed by atoms with Crippen LogP contribution < -0.4 is 10.0 Å². The van der Waals surface area contributed by atoms with Gasteiger partial charge in [-0.3, -0.25) is 9.52 Å². The largest absolute Gasteiger partial charge is 0.319 e. The first-order valence-corrected chi connectivity index (χ1v) is 10.4. The van der Waals surface area contributed by atoms with Crippen LogP contribution in [0.25, 0.3) is 0 Å². The lowest BCUT2D eigenvalue weighted by atomic mass is 10.2. The first kappa shape index (κ1) is 20.2. The van der Waals surface area contributed by atoms with Gasteiger partial charge in [-0.25, -0.2) is 8.42 Å². The maximum Gasteiger partial charge on any atom is 0.261 e. The lowest BCUT2D eigenvalue weighted by molar-refractivity contribution is 0.102. The van der Waals surface area contributed by atoms with E-state index in [0.717, 1.165) is 5.56 Å². The van der Waals surface area contributed by atoms with E-state index >= 15 is 0 Å². The van der Waals surface area contributed by atoms with E-state index < -0.39 is 15.9 Å². The van der Waals surface area contributed by atoms with Gasteiger partial charge in [-0.1, -0.05) is 53.0 Å². The predicted octanol–water partition coefficient (Wildman–Crippen LogP) is 5.35. The third-order valence-corrected chi connectivity index (χ3v) is 5.94. The lowest BCUT2D eigenvalue weighted by Gasteiger charge is -2.11. The molecule has 0 aromatic heterocycles. The second-order valence-corrected chi connectivity index (χ2v) is 8.55. The van der Waals surface area contributed by atoms with Gasteiger partial charge in [0.05, 0.1) is 20.6 Å². The maximum atomic E-state index is 12.5.